The van der Waals surface area contributed by atoms with Crippen LogP contribution in [0.25, 0.3) is 11.0 Å². The fraction of sp³-hybridized carbons (Fsp3) is 0.292. The number of hydrogen-bond donors (Lipinski definition) is 2. The zero-order valence-electron chi connectivity index (χ0n) is 17.2. The molecule has 3 heterocycles. The summed E-state index contributed by atoms with van der Waals surface area (Å²) in [6, 6.07) is 14.9. The summed E-state index contributed by atoms with van der Waals surface area (Å²) in [5, 5.41) is 24.8. The highest BCUT2D eigenvalue weighted by atomic mass is 16.3. The summed E-state index contributed by atoms with van der Waals surface area (Å²) >= 11 is 0. The predicted octanol–water partition coefficient (Wildman–Crippen LogP) is 2.83. The van der Waals surface area contributed by atoms with Gasteiger partial charge in [0.1, 0.15) is 28.9 Å². The van der Waals surface area contributed by atoms with Crippen LogP contribution in [0.2, 0.25) is 0 Å². The average molecular weight is 415 g/mol. The molecule has 1 saturated heterocycles. The number of carbonyl (C=O) groups excluding carboxylic acids is 1. The number of nitrogens with zero attached hydrogens (tertiary/aromatic N) is 2. The third-order valence-corrected chi connectivity index (χ3v) is 6.73. The number of hydrogen-bond acceptors (Lipinski definition) is 6. The summed E-state index contributed by atoms with van der Waals surface area (Å²) in [6.45, 7) is 1.99. The lowest BCUT2D eigenvalue weighted by molar-refractivity contribution is -0.125. The van der Waals surface area contributed by atoms with Gasteiger partial charge in [0.05, 0.1) is 17.0 Å². The third-order valence-electron chi connectivity index (χ3n) is 6.73. The van der Waals surface area contributed by atoms with Crippen molar-refractivity contribution in [2.24, 2.45) is 5.41 Å². The van der Waals surface area contributed by atoms with E-state index in [0.717, 1.165) is 11.1 Å². The molecule has 7 heteroatoms. The maximum absolute atomic E-state index is 13.2. The second-order valence-corrected chi connectivity index (χ2v) is 8.58. The maximum atomic E-state index is 13.2. The van der Waals surface area contributed by atoms with Gasteiger partial charge in [-0.15, -0.1) is 0 Å². The van der Waals surface area contributed by atoms with Crippen LogP contribution in [0.15, 0.2) is 57.9 Å². The molecule has 1 amide bonds. The van der Waals surface area contributed by atoms with Crippen LogP contribution in [0, 0.1) is 23.7 Å². The Balaban J connectivity index is 1.63. The fourth-order valence-corrected chi connectivity index (χ4v) is 5.13. The molecule has 0 saturated carbocycles. The zero-order valence-corrected chi connectivity index (χ0v) is 17.2. The van der Waals surface area contributed by atoms with Gasteiger partial charge in [-0.1, -0.05) is 29.8 Å². The Bertz CT molecular complexity index is 1340. The summed E-state index contributed by atoms with van der Waals surface area (Å²) in [7, 11) is 1.76. The Morgan fingerprint density at radius 1 is 1.26 bits per heavy atom. The lowest BCUT2D eigenvalue weighted by Crippen LogP contribution is -2.44. The number of likely N-dealkylation sites (N-methyl/N-ethyl adjacent to an activating group) is 1. The number of aliphatic hydroxyl groups is 1. The quantitative estimate of drug-likeness (QED) is 0.667. The smallest absolute Gasteiger partial charge is 0.249 e. The van der Waals surface area contributed by atoms with Crippen LogP contribution < -0.4 is 10.7 Å². The highest BCUT2D eigenvalue weighted by molar-refractivity contribution is 6.06. The maximum Gasteiger partial charge on any atom is 0.249 e. The summed E-state index contributed by atoms with van der Waals surface area (Å²) in [6.07, 6.45) is -0.124. The van der Waals surface area contributed by atoms with Crippen LogP contribution in [0.1, 0.15) is 29.2 Å². The molecule has 1 spiro atoms. The second kappa shape index (κ2) is 6.51. The molecule has 3 atom stereocenters. The predicted molar refractivity (Wildman–Crippen MR) is 114 cm³/mol. The molecule has 2 aromatic carbocycles. The molecule has 3 aromatic rings. The number of likely N-dealkylation sites (tertiary alicyclic amines) is 1. The van der Waals surface area contributed by atoms with E-state index in [2.05, 4.69) is 11.4 Å². The Kier molecular flexibility index (Phi) is 4.09. The minimum Gasteiger partial charge on any atom is -0.464 e. The van der Waals surface area contributed by atoms with Gasteiger partial charge in [-0.25, -0.2) is 0 Å². The molecule has 2 aliphatic heterocycles. The first-order valence-corrected chi connectivity index (χ1v) is 10.1. The number of anilines is 1. The number of rotatable bonds is 2. The van der Waals surface area contributed by atoms with Crippen molar-refractivity contribution < 1.29 is 14.3 Å². The normalized spacial score (nSPS) is 26.1. The first-order valence-electron chi connectivity index (χ1n) is 10.1. The fourth-order valence-electron chi connectivity index (χ4n) is 5.13. The minimum atomic E-state index is -1.42. The van der Waals surface area contributed by atoms with Gasteiger partial charge in [0, 0.05) is 24.2 Å². The van der Waals surface area contributed by atoms with Gasteiger partial charge in [-0.3, -0.25) is 14.5 Å². The van der Waals surface area contributed by atoms with Gasteiger partial charge in [0.2, 0.25) is 5.91 Å². The summed E-state index contributed by atoms with van der Waals surface area (Å²) in [5.74, 6) is -0.235. The minimum absolute atomic E-state index is 0.0248. The molecule has 7 nitrogen and oxygen atoms in total. The Labute approximate surface area is 178 Å². The third kappa shape index (κ3) is 2.52. The lowest BCUT2D eigenvalue weighted by atomic mass is 9.73. The summed E-state index contributed by atoms with van der Waals surface area (Å²) in [4.78, 5) is 28.1. The van der Waals surface area contributed by atoms with E-state index in [4.69, 9.17) is 4.42 Å². The molecule has 2 N–H and O–H groups in total. The van der Waals surface area contributed by atoms with Crippen molar-refractivity contribution >= 4 is 22.6 Å². The first-order chi connectivity index (χ1) is 14.8. The lowest BCUT2D eigenvalue weighted by Gasteiger charge is -2.30. The number of para-hydroxylation sites is 1. The molecule has 1 aromatic heterocycles. The molecule has 0 unspecified atom stereocenters. The first kappa shape index (κ1) is 19.5. The number of fused-ring (bicyclic) bond motifs is 3. The Hall–Kier alpha value is -3.47. The van der Waals surface area contributed by atoms with Crippen LogP contribution in [0.3, 0.4) is 0 Å². The van der Waals surface area contributed by atoms with Crippen LogP contribution in [0.4, 0.5) is 5.69 Å². The van der Waals surface area contributed by atoms with Gasteiger partial charge in [0.25, 0.3) is 0 Å². The van der Waals surface area contributed by atoms with E-state index < -0.39 is 17.1 Å². The highest BCUT2D eigenvalue weighted by Gasteiger charge is 2.63. The van der Waals surface area contributed by atoms with Crippen molar-refractivity contribution in [2.75, 3.05) is 18.9 Å². The molecule has 156 valence electrons. The average Bonchev–Trinajstić information content (AvgIpc) is 3.24. The van der Waals surface area contributed by atoms with Crippen LogP contribution in [-0.4, -0.2) is 29.5 Å². The van der Waals surface area contributed by atoms with Crippen LogP contribution >= 0.6 is 0 Å². The molecule has 0 aliphatic carbocycles. The highest BCUT2D eigenvalue weighted by Crippen LogP contribution is 2.55. The van der Waals surface area contributed by atoms with Crippen LogP contribution in [-0.2, 0) is 10.3 Å². The van der Waals surface area contributed by atoms with Gasteiger partial charge in [0.15, 0.2) is 5.43 Å². The molecular formula is C24H21N3O4. The summed E-state index contributed by atoms with van der Waals surface area (Å²) in [5.41, 5.74) is -0.0154. The van der Waals surface area contributed by atoms with E-state index in [1.54, 1.807) is 24.1 Å². The van der Waals surface area contributed by atoms with Crippen molar-refractivity contribution in [3.63, 3.8) is 0 Å². The van der Waals surface area contributed by atoms with E-state index in [1.807, 2.05) is 37.3 Å². The number of aliphatic hydroxyl groups excluding tert-OH is 1. The van der Waals surface area contributed by atoms with E-state index in [0.29, 0.717) is 16.7 Å². The van der Waals surface area contributed by atoms with Gasteiger partial charge >= 0.3 is 0 Å². The van der Waals surface area contributed by atoms with E-state index >= 15 is 0 Å². The van der Waals surface area contributed by atoms with Gasteiger partial charge < -0.3 is 14.8 Å². The monoisotopic (exact) mass is 415 g/mol. The van der Waals surface area contributed by atoms with Gasteiger partial charge in [-0.2, -0.15) is 5.26 Å². The molecule has 2 aliphatic rings. The molecule has 0 radical (unpaired) electrons. The molecular weight excluding hydrogens is 394 g/mol. The number of nitriles is 1. The number of amides is 1. The molecule has 1 fully saturated rings. The Morgan fingerprint density at radius 2 is 2.03 bits per heavy atom. The topological polar surface area (TPSA) is 107 Å². The number of carbonyl (C=O) groups is 1. The van der Waals surface area contributed by atoms with Crippen molar-refractivity contribution in [3.05, 3.63) is 75.6 Å². The zero-order chi connectivity index (χ0) is 22.0. The van der Waals surface area contributed by atoms with Gasteiger partial charge in [-0.05, 0) is 32.2 Å². The van der Waals surface area contributed by atoms with E-state index in [9.17, 15) is 20.0 Å². The van der Waals surface area contributed by atoms with E-state index in [1.165, 1.54) is 6.26 Å². The SMILES string of the molecule is Cc1ccc2occ([C@@H](O)[C@]3(C#N)CN(C)[C@@]4(C3)C(=O)Nc3ccccc34)c(=O)c2c1. The van der Waals surface area contributed by atoms with Crippen molar-refractivity contribution in [1.29, 1.82) is 5.26 Å². The second-order valence-electron chi connectivity index (χ2n) is 8.58. The summed E-state index contributed by atoms with van der Waals surface area (Å²) < 4.78 is 5.61. The number of benzene rings is 2. The standard InChI is InChI=1S/C24H21N3O4/c1-14-7-8-19-15(9-14)20(28)16(10-31-19)21(29)23(12-25)11-24(27(2)13-23)17-5-3-4-6-18(17)26-22(24)30/h3-10,21,29H,11,13H2,1-2H3,(H,26,30)/t21-,23-,24-/m1/s1. The molecule has 0 bridgehead atoms. The molecule has 31 heavy (non-hydrogen) atoms. The largest absolute Gasteiger partial charge is 0.464 e. The van der Waals surface area contributed by atoms with Crippen molar-refractivity contribution in [3.8, 4) is 6.07 Å². The number of aryl methyl sites for hydroxylation is 1. The molecule has 5 rings (SSSR count). The Morgan fingerprint density at radius 3 is 2.81 bits per heavy atom. The van der Waals surface area contributed by atoms with Crippen molar-refractivity contribution in [2.45, 2.75) is 25.0 Å². The van der Waals surface area contributed by atoms with Crippen molar-refractivity contribution in [1.82, 2.24) is 4.90 Å². The van der Waals surface area contributed by atoms with E-state index in [-0.39, 0.29) is 29.9 Å². The number of nitrogens with one attached hydrogen (secondary N) is 1. The van der Waals surface area contributed by atoms with Crippen LogP contribution in [0.5, 0.6) is 0 Å².